The van der Waals surface area contributed by atoms with Crippen LogP contribution in [0.25, 0.3) is 5.57 Å². The lowest BCUT2D eigenvalue weighted by atomic mass is 10.1. The molecule has 0 N–H and O–H groups in total. The number of hydrogen-bond acceptors (Lipinski definition) is 4. The van der Waals surface area contributed by atoms with Gasteiger partial charge in [-0.15, -0.1) is 11.3 Å². The van der Waals surface area contributed by atoms with Crippen LogP contribution in [-0.2, 0) is 6.42 Å². The number of aryl methyl sites for hydroxylation is 1. The predicted octanol–water partition coefficient (Wildman–Crippen LogP) is 4.20. The Morgan fingerprint density at radius 2 is 1.79 bits per heavy atom. The van der Waals surface area contributed by atoms with Gasteiger partial charge in [0, 0.05) is 9.75 Å². The molecule has 1 rings (SSSR count). The van der Waals surface area contributed by atoms with E-state index in [0.717, 1.165) is 12.8 Å². The summed E-state index contributed by atoms with van der Waals surface area (Å²) in [4.78, 5) is 1.92. The van der Waals surface area contributed by atoms with Gasteiger partial charge in [-0.25, -0.2) is 0 Å². The van der Waals surface area contributed by atoms with Crippen molar-refractivity contribution in [1.29, 1.82) is 15.8 Å². The monoisotopic (exact) mass is 269 g/mol. The van der Waals surface area contributed by atoms with Crippen LogP contribution in [-0.4, -0.2) is 0 Å². The van der Waals surface area contributed by atoms with Crippen molar-refractivity contribution < 1.29 is 0 Å². The first-order valence-electron chi connectivity index (χ1n) is 6.30. The van der Waals surface area contributed by atoms with Gasteiger partial charge in [0.25, 0.3) is 0 Å². The van der Waals surface area contributed by atoms with E-state index < -0.39 is 0 Å². The number of hydrogen-bond donors (Lipinski definition) is 0. The number of allylic oxidation sites excluding steroid dienone is 2. The fourth-order valence-electron chi connectivity index (χ4n) is 1.74. The van der Waals surface area contributed by atoms with Crippen molar-refractivity contribution in [1.82, 2.24) is 0 Å². The minimum Gasteiger partial charge on any atom is -0.192 e. The van der Waals surface area contributed by atoms with E-state index in [2.05, 4.69) is 6.92 Å². The van der Waals surface area contributed by atoms with Gasteiger partial charge in [-0.05, 0) is 25.0 Å². The van der Waals surface area contributed by atoms with E-state index in [1.54, 1.807) is 12.1 Å². The quantitative estimate of drug-likeness (QED) is 0.574. The van der Waals surface area contributed by atoms with Gasteiger partial charge in [-0.2, -0.15) is 15.8 Å². The highest BCUT2D eigenvalue weighted by molar-refractivity contribution is 7.13. The second-order valence-electron chi connectivity index (χ2n) is 4.16. The maximum absolute atomic E-state index is 9.06. The number of nitriles is 3. The zero-order valence-electron chi connectivity index (χ0n) is 10.9. The molecule has 0 aliphatic carbocycles. The summed E-state index contributed by atoms with van der Waals surface area (Å²) < 4.78 is 0. The molecule has 96 valence electrons. The van der Waals surface area contributed by atoms with Crippen LogP contribution in [0.3, 0.4) is 0 Å². The van der Waals surface area contributed by atoms with Crippen molar-refractivity contribution in [3.63, 3.8) is 0 Å². The molecule has 0 aliphatic heterocycles. The van der Waals surface area contributed by atoms with Crippen LogP contribution < -0.4 is 0 Å². The molecule has 0 aromatic carbocycles. The summed E-state index contributed by atoms with van der Waals surface area (Å²) >= 11 is 1.50. The number of nitrogens with zero attached hydrogens (tertiary/aromatic N) is 3. The van der Waals surface area contributed by atoms with Gasteiger partial charge in [0.1, 0.15) is 23.8 Å². The maximum atomic E-state index is 9.06. The lowest BCUT2D eigenvalue weighted by molar-refractivity contribution is 0.670. The average Bonchev–Trinajstić information content (AvgIpc) is 2.89. The first-order chi connectivity index (χ1) is 9.26. The zero-order chi connectivity index (χ0) is 14.1. The van der Waals surface area contributed by atoms with Crippen molar-refractivity contribution in [2.75, 3.05) is 0 Å². The van der Waals surface area contributed by atoms with Crippen molar-refractivity contribution in [2.45, 2.75) is 39.0 Å². The molecule has 0 bridgehead atoms. The minimum absolute atomic E-state index is 0.109. The molecular weight excluding hydrogens is 254 g/mol. The van der Waals surface area contributed by atoms with E-state index >= 15 is 0 Å². The summed E-state index contributed by atoms with van der Waals surface area (Å²) in [5.41, 5.74) is 0.0803. The topological polar surface area (TPSA) is 71.4 Å². The van der Waals surface area contributed by atoms with Gasteiger partial charge in [0.15, 0.2) is 0 Å². The lowest BCUT2D eigenvalue weighted by Crippen LogP contribution is -1.82. The Balaban J connectivity index is 2.80. The van der Waals surface area contributed by atoms with Gasteiger partial charge >= 0.3 is 0 Å². The van der Waals surface area contributed by atoms with Crippen LogP contribution in [0.2, 0.25) is 0 Å². The number of thiophene rings is 1. The molecule has 0 aliphatic rings. The van der Waals surface area contributed by atoms with E-state index in [0.29, 0.717) is 4.88 Å². The molecule has 4 heteroatoms. The fourth-order valence-corrected chi connectivity index (χ4v) is 2.79. The van der Waals surface area contributed by atoms with Gasteiger partial charge < -0.3 is 0 Å². The molecule has 19 heavy (non-hydrogen) atoms. The molecule has 0 saturated heterocycles. The summed E-state index contributed by atoms with van der Waals surface area (Å²) in [6.07, 6.45) is 5.81. The van der Waals surface area contributed by atoms with Crippen molar-refractivity contribution in [2.24, 2.45) is 0 Å². The highest BCUT2D eigenvalue weighted by atomic mass is 32.1. The number of rotatable bonds is 6. The van der Waals surface area contributed by atoms with E-state index in [1.165, 1.54) is 35.5 Å². The van der Waals surface area contributed by atoms with Crippen molar-refractivity contribution in [3.8, 4) is 18.2 Å². The predicted molar refractivity (Wildman–Crippen MR) is 75.9 cm³/mol. The standard InChI is InChI=1S/C15H15N3S/c1-2-3-4-5-6-13-7-8-15(19-13)14(11-18)12(9-16)10-17/h7-8H,2-6H2,1H3. The summed E-state index contributed by atoms with van der Waals surface area (Å²) in [5, 5.41) is 26.7. The summed E-state index contributed by atoms with van der Waals surface area (Å²) in [5.74, 6) is 0. The first-order valence-corrected chi connectivity index (χ1v) is 7.12. The van der Waals surface area contributed by atoms with Gasteiger partial charge in [0.2, 0.25) is 0 Å². The van der Waals surface area contributed by atoms with E-state index in [9.17, 15) is 0 Å². The Hall–Kier alpha value is -2.09. The van der Waals surface area contributed by atoms with Crippen LogP contribution in [0.15, 0.2) is 17.7 Å². The Morgan fingerprint density at radius 3 is 2.37 bits per heavy atom. The maximum Gasteiger partial charge on any atom is 0.148 e. The second-order valence-corrected chi connectivity index (χ2v) is 5.33. The van der Waals surface area contributed by atoms with Crippen LogP contribution >= 0.6 is 11.3 Å². The highest BCUT2D eigenvalue weighted by Crippen LogP contribution is 2.27. The van der Waals surface area contributed by atoms with Crippen molar-refractivity contribution >= 4 is 16.9 Å². The molecule has 1 heterocycles. The third-order valence-electron chi connectivity index (χ3n) is 2.77. The summed E-state index contributed by atoms with van der Waals surface area (Å²) in [6.45, 7) is 2.18. The van der Waals surface area contributed by atoms with Crippen LogP contribution in [0.4, 0.5) is 0 Å². The van der Waals surface area contributed by atoms with Crippen LogP contribution in [0, 0.1) is 34.0 Å². The molecule has 0 atom stereocenters. The third-order valence-corrected chi connectivity index (χ3v) is 3.93. The van der Waals surface area contributed by atoms with Gasteiger partial charge in [-0.3, -0.25) is 0 Å². The molecule has 1 aromatic heterocycles. The third kappa shape index (κ3) is 4.25. The number of unbranched alkanes of at least 4 members (excludes halogenated alkanes) is 3. The molecule has 3 nitrogen and oxygen atoms in total. The normalized spacial score (nSPS) is 9.16. The molecule has 0 unspecified atom stereocenters. The summed E-state index contributed by atoms with van der Waals surface area (Å²) in [7, 11) is 0. The molecule has 0 radical (unpaired) electrons. The largest absolute Gasteiger partial charge is 0.192 e. The molecule has 1 aromatic rings. The smallest absolute Gasteiger partial charge is 0.148 e. The van der Waals surface area contributed by atoms with E-state index in [-0.39, 0.29) is 11.1 Å². The average molecular weight is 269 g/mol. The zero-order valence-corrected chi connectivity index (χ0v) is 11.8. The Labute approximate surface area is 118 Å². The van der Waals surface area contributed by atoms with Crippen molar-refractivity contribution in [3.05, 3.63) is 27.5 Å². The van der Waals surface area contributed by atoms with Crippen LogP contribution in [0.1, 0.15) is 42.4 Å². The van der Waals surface area contributed by atoms with E-state index in [1.807, 2.05) is 18.2 Å². The molecule has 0 amide bonds. The van der Waals surface area contributed by atoms with Gasteiger partial charge in [-0.1, -0.05) is 26.2 Å². The van der Waals surface area contributed by atoms with E-state index in [4.69, 9.17) is 15.8 Å². The molecule has 0 fully saturated rings. The van der Waals surface area contributed by atoms with Gasteiger partial charge in [0.05, 0.1) is 5.57 Å². The second kappa shape index (κ2) is 8.09. The Kier molecular flexibility index (Phi) is 6.37. The molecule has 0 spiro atoms. The summed E-state index contributed by atoms with van der Waals surface area (Å²) in [6, 6.07) is 9.31. The minimum atomic E-state index is -0.109. The lowest BCUT2D eigenvalue weighted by Gasteiger charge is -1.97. The molecular formula is C15H15N3S. The SMILES string of the molecule is CCCCCCc1ccc(C(C#N)=C(C#N)C#N)s1. The fraction of sp³-hybridized carbons (Fsp3) is 0.400. The highest BCUT2D eigenvalue weighted by Gasteiger charge is 2.11. The van der Waals surface area contributed by atoms with Crippen LogP contribution in [0.5, 0.6) is 0 Å². The Morgan fingerprint density at radius 1 is 1.05 bits per heavy atom. The first kappa shape index (κ1) is 15.0. The molecule has 0 saturated carbocycles. The Bertz CT molecular complexity index is 560.